The van der Waals surface area contributed by atoms with Crippen LogP contribution >= 0.6 is 23.2 Å². The van der Waals surface area contributed by atoms with E-state index in [9.17, 15) is 4.79 Å². The summed E-state index contributed by atoms with van der Waals surface area (Å²) in [7, 11) is 0. The summed E-state index contributed by atoms with van der Waals surface area (Å²) < 4.78 is 6.91. The second-order valence-corrected chi connectivity index (χ2v) is 5.02. The molecule has 0 saturated carbocycles. The number of aromatic nitrogens is 2. The van der Waals surface area contributed by atoms with Crippen LogP contribution in [0, 0.1) is 0 Å². The monoisotopic (exact) mass is 316 g/mol. The SMILES string of the molecule is CCOCCc1nc2cc(Cl)c(Cl)cc2n1CC(=O)O. The van der Waals surface area contributed by atoms with Crippen LogP contribution in [0.25, 0.3) is 11.0 Å². The molecule has 2 rings (SSSR count). The largest absolute Gasteiger partial charge is 0.480 e. The quantitative estimate of drug-likeness (QED) is 0.832. The predicted octanol–water partition coefficient (Wildman–Crippen LogP) is 3.01. The second-order valence-electron chi connectivity index (χ2n) is 4.21. The number of carboxylic acids is 1. The highest BCUT2D eigenvalue weighted by Crippen LogP contribution is 2.28. The van der Waals surface area contributed by atoms with Crippen LogP contribution < -0.4 is 0 Å². The number of imidazole rings is 1. The van der Waals surface area contributed by atoms with Crippen molar-refractivity contribution < 1.29 is 14.6 Å². The Balaban J connectivity index is 2.45. The molecule has 108 valence electrons. The van der Waals surface area contributed by atoms with Gasteiger partial charge in [0.05, 0.1) is 27.7 Å². The summed E-state index contributed by atoms with van der Waals surface area (Å²) in [6.45, 7) is 2.83. The maximum atomic E-state index is 11.0. The number of halogens is 2. The van der Waals surface area contributed by atoms with E-state index in [0.717, 1.165) is 0 Å². The summed E-state index contributed by atoms with van der Waals surface area (Å²) in [5, 5.41) is 9.80. The van der Waals surface area contributed by atoms with Gasteiger partial charge in [0.1, 0.15) is 12.4 Å². The fourth-order valence-electron chi connectivity index (χ4n) is 1.98. The van der Waals surface area contributed by atoms with Crippen molar-refractivity contribution in [3.05, 3.63) is 28.0 Å². The molecule has 0 amide bonds. The fourth-order valence-corrected chi connectivity index (χ4v) is 2.30. The van der Waals surface area contributed by atoms with Crippen molar-refractivity contribution in [3.63, 3.8) is 0 Å². The van der Waals surface area contributed by atoms with Crippen LogP contribution in [0.1, 0.15) is 12.7 Å². The van der Waals surface area contributed by atoms with Crippen LogP contribution in [0.2, 0.25) is 10.0 Å². The molecule has 7 heteroatoms. The molecular weight excluding hydrogens is 303 g/mol. The van der Waals surface area contributed by atoms with Crippen LogP contribution in [-0.2, 0) is 22.5 Å². The van der Waals surface area contributed by atoms with Gasteiger partial charge in [0.25, 0.3) is 0 Å². The van der Waals surface area contributed by atoms with Crippen LogP contribution in [-0.4, -0.2) is 33.8 Å². The summed E-state index contributed by atoms with van der Waals surface area (Å²) in [6, 6.07) is 3.28. The van der Waals surface area contributed by atoms with E-state index in [0.29, 0.717) is 46.5 Å². The molecule has 0 radical (unpaired) electrons. The van der Waals surface area contributed by atoms with E-state index in [1.807, 2.05) is 6.92 Å². The minimum Gasteiger partial charge on any atom is -0.480 e. The molecule has 0 aliphatic rings. The topological polar surface area (TPSA) is 64.4 Å². The summed E-state index contributed by atoms with van der Waals surface area (Å²) in [5.41, 5.74) is 1.29. The first kappa shape index (κ1) is 15.1. The van der Waals surface area contributed by atoms with Crippen LogP contribution in [0.5, 0.6) is 0 Å². The number of ether oxygens (including phenoxy) is 1. The maximum Gasteiger partial charge on any atom is 0.323 e. The molecule has 5 nitrogen and oxygen atoms in total. The molecule has 2 aromatic rings. The van der Waals surface area contributed by atoms with Crippen molar-refractivity contribution in [1.82, 2.24) is 9.55 Å². The van der Waals surface area contributed by atoms with Gasteiger partial charge >= 0.3 is 5.97 Å². The average Bonchev–Trinajstić information content (AvgIpc) is 2.68. The zero-order valence-electron chi connectivity index (χ0n) is 10.9. The van der Waals surface area contributed by atoms with Gasteiger partial charge in [-0.15, -0.1) is 0 Å². The summed E-state index contributed by atoms with van der Waals surface area (Å²) in [5.74, 6) is -0.290. The zero-order valence-corrected chi connectivity index (χ0v) is 12.4. The fraction of sp³-hybridized carbons (Fsp3) is 0.385. The Labute approximate surface area is 126 Å². The van der Waals surface area contributed by atoms with E-state index in [2.05, 4.69) is 4.98 Å². The molecule has 0 aliphatic heterocycles. The number of carbonyl (C=O) groups is 1. The molecule has 1 aromatic carbocycles. The third-order valence-electron chi connectivity index (χ3n) is 2.84. The number of hydrogen-bond acceptors (Lipinski definition) is 3. The molecule has 0 saturated heterocycles. The third-order valence-corrected chi connectivity index (χ3v) is 3.56. The van der Waals surface area contributed by atoms with E-state index >= 15 is 0 Å². The van der Waals surface area contributed by atoms with Gasteiger partial charge in [-0.3, -0.25) is 4.79 Å². The molecule has 0 spiro atoms. The number of nitrogens with zero attached hydrogens (tertiary/aromatic N) is 2. The van der Waals surface area contributed by atoms with Gasteiger partial charge in [-0.25, -0.2) is 4.98 Å². The summed E-state index contributed by atoms with van der Waals surface area (Å²) >= 11 is 11.9. The molecule has 1 heterocycles. The second kappa shape index (κ2) is 6.43. The Morgan fingerprint density at radius 2 is 2.10 bits per heavy atom. The van der Waals surface area contributed by atoms with Crippen molar-refractivity contribution in [2.24, 2.45) is 0 Å². The molecule has 1 aromatic heterocycles. The van der Waals surface area contributed by atoms with E-state index in [-0.39, 0.29) is 6.54 Å². The Morgan fingerprint density at radius 3 is 2.75 bits per heavy atom. The lowest BCUT2D eigenvalue weighted by molar-refractivity contribution is -0.137. The van der Waals surface area contributed by atoms with Gasteiger partial charge in [0.15, 0.2) is 0 Å². The van der Waals surface area contributed by atoms with Crippen molar-refractivity contribution in [2.75, 3.05) is 13.2 Å². The molecule has 0 fully saturated rings. The van der Waals surface area contributed by atoms with Crippen molar-refractivity contribution >= 4 is 40.2 Å². The molecule has 0 bridgehead atoms. The van der Waals surface area contributed by atoms with Crippen LogP contribution in [0.3, 0.4) is 0 Å². The Hall–Kier alpha value is -1.30. The molecule has 0 unspecified atom stereocenters. The smallest absolute Gasteiger partial charge is 0.323 e. The third kappa shape index (κ3) is 3.23. The Kier molecular flexibility index (Phi) is 4.86. The molecular formula is C13H14Cl2N2O3. The first-order chi connectivity index (χ1) is 9.52. The van der Waals surface area contributed by atoms with Gasteiger partial charge < -0.3 is 14.4 Å². The predicted molar refractivity (Wildman–Crippen MR) is 77.6 cm³/mol. The number of rotatable bonds is 6. The van der Waals surface area contributed by atoms with Gasteiger partial charge in [0.2, 0.25) is 0 Å². The van der Waals surface area contributed by atoms with Crippen molar-refractivity contribution in [1.29, 1.82) is 0 Å². The zero-order chi connectivity index (χ0) is 14.7. The molecule has 1 N–H and O–H groups in total. The lowest BCUT2D eigenvalue weighted by Crippen LogP contribution is -2.13. The minimum atomic E-state index is -0.937. The standard InChI is InChI=1S/C13H14Cl2N2O3/c1-2-20-4-3-12-16-10-5-8(14)9(15)6-11(10)17(12)7-13(18)19/h5-6H,2-4,7H2,1H3,(H,18,19). The lowest BCUT2D eigenvalue weighted by Gasteiger charge is -2.06. The normalized spacial score (nSPS) is 11.2. The van der Waals surface area contributed by atoms with Gasteiger partial charge in [0, 0.05) is 13.0 Å². The first-order valence-corrected chi connectivity index (χ1v) is 6.92. The number of fused-ring (bicyclic) bond motifs is 1. The Morgan fingerprint density at radius 1 is 1.40 bits per heavy atom. The van der Waals surface area contributed by atoms with E-state index < -0.39 is 5.97 Å². The van der Waals surface area contributed by atoms with E-state index in [4.69, 9.17) is 33.0 Å². The van der Waals surface area contributed by atoms with Crippen molar-refractivity contribution in [3.8, 4) is 0 Å². The molecule has 20 heavy (non-hydrogen) atoms. The Bertz CT molecular complexity index is 640. The number of hydrogen-bond donors (Lipinski definition) is 1. The maximum absolute atomic E-state index is 11.0. The molecule has 0 aliphatic carbocycles. The summed E-state index contributed by atoms with van der Waals surface area (Å²) in [6.07, 6.45) is 0.533. The summed E-state index contributed by atoms with van der Waals surface area (Å²) in [4.78, 5) is 15.4. The average molecular weight is 317 g/mol. The van der Waals surface area contributed by atoms with E-state index in [1.165, 1.54) is 0 Å². The highest BCUT2D eigenvalue weighted by Gasteiger charge is 2.15. The number of carboxylic acid groups (broad SMARTS) is 1. The molecule has 0 atom stereocenters. The van der Waals surface area contributed by atoms with Gasteiger partial charge in [-0.05, 0) is 19.1 Å². The van der Waals surface area contributed by atoms with Crippen LogP contribution in [0.4, 0.5) is 0 Å². The number of aliphatic carboxylic acids is 1. The van der Waals surface area contributed by atoms with E-state index in [1.54, 1.807) is 16.7 Å². The van der Waals surface area contributed by atoms with Gasteiger partial charge in [-0.2, -0.15) is 0 Å². The van der Waals surface area contributed by atoms with Crippen LogP contribution in [0.15, 0.2) is 12.1 Å². The highest BCUT2D eigenvalue weighted by molar-refractivity contribution is 6.42. The number of benzene rings is 1. The van der Waals surface area contributed by atoms with Crippen molar-refractivity contribution in [2.45, 2.75) is 19.9 Å². The lowest BCUT2D eigenvalue weighted by atomic mass is 10.3. The van der Waals surface area contributed by atoms with Gasteiger partial charge in [-0.1, -0.05) is 23.2 Å². The highest BCUT2D eigenvalue weighted by atomic mass is 35.5. The minimum absolute atomic E-state index is 0.171. The first-order valence-electron chi connectivity index (χ1n) is 6.16.